The van der Waals surface area contributed by atoms with Crippen LogP contribution >= 0.6 is 11.8 Å². The fraction of sp³-hybridized carbons (Fsp3) is 0.250. The van der Waals surface area contributed by atoms with Crippen LogP contribution in [0.5, 0.6) is 5.75 Å². The van der Waals surface area contributed by atoms with Gasteiger partial charge in [-0.05, 0) is 48.9 Å². The van der Waals surface area contributed by atoms with E-state index in [1.54, 1.807) is 23.9 Å². The van der Waals surface area contributed by atoms with Gasteiger partial charge in [0.1, 0.15) is 5.75 Å². The molecule has 0 radical (unpaired) electrons. The SMILES string of the molecule is CSc1ccc([C@H]2C3=C(C[C@@H](c4ccccc4O)CC3=O)Nc3onc(C)c32)cc1. The highest BCUT2D eigenvalue weighted by Gasteiger charge is 2.41. The summed E-state index contributed by atoms with van der Waals surface area (Å²) in [5, 5.41) is 17.8. The number of rotatable bonds is 3. The lowest BCUT2D eigenvalue weighted by molar-refractivity contribution is -0.116. The second-order valence-electron chi connectivity index (χ2n) is 7.82. The molecule has 2 atom stereocenters. The number of phenolic OH excluding ortho intramolecular Hbond substituents is 1. The van der Waals surface area contributed by atoms with Crippen LogP contribution in [0.4, 0.5) is 5.88 Å². The first-order valence-electron chi connectivity index (χ1n) is 9.98. The Morgan fingerprint density at radius 2 is 1.90 bits per heavy atom. The maximum atomic E-state index is 13.4. The minimum atomic E-state index is -0.198. The van der Waals surface area contributed by atoms with Crippen LogP contribution in [-0.2, 0) is 4.79 Å². The van der Waals surface area contributed by atoms with Crippen molar-refractivity contribution in [2.75, 3.05) is 11.6 Å². The van der Waals surface area contributed by atoms with Crippen LogP contribution in [-0.4, -0.2) is 22.3 Å². The zero-order chi connectivity index (χ0) is 20.8. The van der Waals surface area contributed by atoms with E-state index in [2.05, 4.69) is 34.7 Å². The highest BCUT2D eigenvalue weighted by atomic mass is 32.2. The highest BCUT2D eigenvalue weighted by Crippen LogP contribution is 2.49. The molecule has 30 heavy (non-hydrogen) atoms. The van der Waals surface area contributed by atoms with Crippen molar-refractivity contribution in [3.63, 3.8) is 0 Å². The number of hydrogen-bond donors (Lipinski definition) is 2. The number of aryl methyl sites for hydroxylation is 1. The normalized spacial score (nSPS) is 20.5. The number of hydrogen-bond acceptors (Lipinski definition) is 6. The van der Waals surface area contributed by atoms with Crippen molar-refractivity contribution in [3.8, 4) is 5.75 Å². The molecule has 5 rings (SSSR count). The van der Waals surface area contributed by atoms with E-state index in [1.165, 1.54) is 4.90 Å². The van der Waals surface area contributed by atoms with E-state index >= 15 is 0 Å². The Morgan fingerprint density at radius 1 is 1.13 bits per heavy atom. The van der Waals surface area contributed by atoms with Crippen molar-refractivity contribution >= 4 is 23.4 Å². The summed E-state index contributed by atoms with van der Waals surface area (Å²) >= 11 is 1.69. The van der Waals surface area contributed by atoms with E-state index in [1.807, 2.05) is 25.3 Å². The summed E-state index contributed by atoms with van der Waals surface area (Å²) in [6.07, 6.45) is 3.06. The van der Waals surface area contributed by atoms with Gasteiger partial charge in [0.25, 0.3) is 0 Å². The average molecular weight is 419 g/mol. The lowest BCUT2D eigenvalue weighted by atomic mass is 9.72. The lowest BCUT2D eigenvalue weighted by Crippen LogP contribution is -2.29. The Kier molecular flexibility index (Phi) is 4.66. The third-order valence-electron chi connectivity index (χ3n) is 6.08. The van der Waals surface area contributed by atoms with E-state index in [4.69, 9.17) is 4.52 Å². The van der Waals surface area contributed by atoms with E-state index in [-0.39, 0.29) is 23.4 Å². The Bertz CT molecular complexity index is 1160. The van der Waals surface area contributed by atoms with E-state index in [0.29, 0.717) is 18.7 Å². The van der Waals surface area contributed by atoms with Gasteiger partial charge in [0.15, 0.2) is 5.78 Å². The quantitative estimate of drug-likeness (QED) is 0.557. The van der Waals surface area contributed by atoms with Gasteiger partial charge < -0.3 is 14.9 Å². The summed E-state index contributed by atoms with van der Waals surface area (Å²) in [4.78, 5) is 14.6. The highest BCUT2D eigenvalue weighted by molar-refractivity contribution is 7.98. The number of aromatic nitrogens is 1. The topological polar surface area (TPSA) is 75.4 Å². The zero-order valence-electron chi connectivity index (χ0n) is 16.8. The average Bonchev–Trinajstić information content (AvgIpc) is 3.13. The van der Waals surface area contributed by atoms with Crippen molar-refractivity contribution in [1.29, 1.82) is 0 Å². The number of ketones is 1. The number of carbonyl (C=O) groups is 1. The molecule has 0 bridgehead atoms. The molecule has 2 aliphatic rings. The van der Waals surface area contributed by atoms with Crippen molar-refractivity contribution < 1.29 is 14.4 Å². The molecule has 1 aromatic heterocycles. The Hall–Kier alpha value is -2.99. The molecule has 0 saturated heterocycles. The molecule has 152 valence electrons. The van der Waals surface area contributed by atoms with Crippen molar-refractivity contribution in [2.24, 2.45) is 0 Å². The number of nitrogens with zero attached hydrogens (tertiary/aromatic N) is 1. The number of phenols is 1. The fourth-order valence-corrected chi connectivity index (χ4v) is 5.06. The summed E-state index contributed by atoms with van der Waals surface area (Å²) < 4.78 is 5.57. The number of allylic oxidation sites excluding steroid dienone is 2. The molecule has 5 nitrogen and oxygen atoms in total. The number of fused-ring (bicyclic) bond motifs is 1. The number of anilines is 1. The van der Waals surface area contributed by atoms with E-state index in [0.717, 1.165) is 33.7 Å². The van der Waals surface area contributed by atoms with Crippen molar-refractivity contribution in [2.45, 2.75) is 36.5 Å². The van der Waals surface area contributed by atoms with Crippen LogP contribution < -0.4 is 5.32 Å². The molecule has 0 unspecified atom stereocenters. The van der Waals surface area contributed by atoms with Gasteiger partial charge in [-0.3, -0.25) is 4.79 Å². The molecule has 0 amide bonds. The third kappa shape index (κ3) is 3.03. The summed E-state index contributed by atoms with van der Waals surface area (Å²) in [6, 6.07) is 15.6. The van der Waals surface area contributed by atoms with Crippen LogP contribution in [0.25, 0.3) is 0 Å². The number of Topliss-reactive ketones (excluding diaryl/α,β-unsaturated/α-hetero) is 1. The number of benzene rings is 2. The summed E-state index contributed by atoms with van der Waals surface area (Å²) in [7, 11) is 0. The van der Waals surface area contributed by atoms with Gasteiger partial charge in [-0.1, -0.05) is 35.5 Å². The molecule has 2 heterocycles. The van der Waals surface area contributed by atoms with Gasteiger partial charge in [0.05, 0.1) is 11.3 Å². The molecule has 0 saturated carbocycles. The van der Waals surface area contributed by atoms with Crippen LogP contribution in [0.3, 0.4) is 0 Å². The zero-order valence-corrected chi connectivity index (χ0v) is 17.6. The largest absolute Gasteiger partial charge is 0.508 e. The molecular weight excluding hydrogens is 396 g/mol. The fourth-order valence-electron chi connectivity index (χ4n) is 4.65. The van der Waals surface area contributed by atoms with Gasteiger partial charge in [-0.15, -0.1) is 11.8 Å². The number of aromatic hydroxyl groups is 1. The molecule has 2 N–H and O–H groups in total. The summed E-state index contributed by atoms with van der Waals surface area (Å²) in [5.74, 6) is 0.667. The Balaban J connectivity index is 1.61. The number of carbonyl (C=O) groups excluding carboxylic acids is 1. The third-order valence-corrected chi connectivity index (χ3v) is 6.83. The molecular formula is C24H22N2O3S. The van der Waals surface area contributed by atoms with Gasteiger partial charge in [0.2, 0.25) is 5.88 Å². The van der Waals surface area contributed by atoms with Gasteiger partial charge in [-0.2, -0.15) is 0 Å². The molecule has 0 fully saturated rings. The maximum absolute atomic E-state index is 13.4. The van der Waals surface area contributed by atoms with Crippen LogP contribution in [0.15, 0.2) is 69.2 Å². The Morgan fingerprint density at radius 3 is 2.63 bits per heavy atom. The lowest BCUT2D eigenvalue weighted by Gasteiger charge is -2.34. The maximum Gasteiger partial charge on any atom is 0.233 e. The van der Waals surface area contributed by atoms with Crippen LogP contribution in [0.2, 0.25) is 0 Å². The number of thioether (sulfide) groups is 1. The van der Waals surface area contributed by atoms with E-state index in [9.17, 15) is 9.90 Å². The van der Waals surface area contributed by atoms with Crippen LogP contribution in [0.1, 0.15) is 47.1 Å². The number of nitrogens with one attached hydrogen (secondary N) is 1. The minimum absolute atomic E-state index is 0.0740. The molecule has 6 heteroatoms. The first-order chi connectivity index (χ1) is 14.6. The van der Waals surface area contributed by atoms with E-state index < -0.39 is 0 Å². The van der Waals surface area contributed by atoms with Gasteiger partial charge in [-0.25, -0.2) is 0 Å². The molecule has 2 aromatic carbocycles. The second kappa shape index (κ2) is 7.36. The molecule has 3 aromatic rings. The standard InChI is InChI=1S/C24H22N2O3S/c1-13-21-22(14-7-9-16(30-2)10-8-14)23-18(25-24(21)29-26-13)11-15(12-20(23)28)17-5-3-4-6-19(17)27/h3-10,15,22,25,27H,11-12H2,1-2H3/t15-,22-/m1/s1. The summed E-state index contributed by atoms with van der Waals surface area (Å²) in [5.41, 5.74) is 5.24. The molecule has 1 aliphatic heterocycles. The van der Waals surface area contributed by atoms with Crippen molar-refractivity contribution in [3.05, 3.63) is 82.2 Å². The predicted molar refractivity (Wildman–Crippen MR) is 117 cm³/mol. The van der Waals surface area contributed by atoms with Gasteiger partial charge in [0, 0.05) is 34.4 Å². The van der Waals surface area contributed by atoms with Crippen LogP contribution in [0, 0.1) is 6.92 Å². The summed E-state index contributed by atoms with van der Waals surface area (Å²) in [6.45, 7) is 1.91. The smallest absolute Gasteiger partial charge is 0.233 e. The Labute approximate surface area is 179 Å². The number of para-hydroxylation sites is 1. The molecule has 1 aliphatic carbocycles. The molecule has 0 spiro atoms. The van der Waals surface area contributed by atoms with Gasteiger partial charge >= 0.3 is 0 Å². The first kappa shape index (κ1) is 19.0. The minimum Gasteiger partial charge on any atom is -0.508 e. The van der Waals surface area contributed by atoms with Crippen molar-refractivity contribution in [1.82, 2.24) is 5.16 Å². The monoisotopic (exact) mass is 418 g/mol. The second-order valence-corrected chi connectivity index (χ2v) is 8.70. The first-order valence-corrected chi connectivity index (χ1v) is 11.2. The predicted octanol–water partition coefficient (Wildman–Crippen LogP) is 5.37.